The first-order valence-electron chi connectivity index (χ1n) is 9.41. The van der Waals surface area contributed by atoms with Gasteiger partial charge in [-0.3, -0.25) is 9.59 Å². The number of carbonyl (C=O) groups excluding carboxylic acids is 2. The van der Waals surface area contributed by atoms with E-state index in [-0.39, 0.29) is 54.4 Å². The molecule has 0 radical (unpaired) electrons. The standard InChI is InChI=1S/C19H27N5O5.Na.H/c1-10(2)24-16-13(15(20-9-21-16)22-11(3)25)14(23-24)19(27-12(4)26)28-17(5,6)18(7,8)29-19;;/h9-10H,1-8H3,(H,20,21,22,25);;/q;+1;-1. The van der Waals surface area contributed by atoms with Gasteiger partial charge in [-0.05, 0) is 41.5 Å². The fourth-order valence-electron chi connectivity index (χ4n) is 3.12. The Morgan fingerprint density at radius 3 is 2.17 bits per heavy atom. The van der Waals surface area contributed by atoms with Gasteiger partial charge in [0.15, 0.2) is 11.3 Å². The topological polar surface area (TPSA) is 117 Å². The van der Waals surface area contributed by atoms with E-state index in [9.17, 15) is 9.59 Å². The SMILES string of the molecule is CC(=O)Nc1ncnc2c1c(C1(OC(C)=O)OC(C)(C)C(C)(C)O1)nn2C(C)C.[H-].[Na+]. The molecule has 3 heterocycles. The molecule has 3 rings (SSSR count). The second-order valence-electron chi connectivity index (χ2n) is 8.36. The Labute approximate surface area is 198 Å². The molecule has 0 saturated carbocycles. The van der Waals surface area contributed by atoms with Gasteiger partial charge in [0, 0.05) is 19.9 Å². The summed E-state index contributed by atoms with van der Waals surface area (Å²) in [6.45, 7) is 13.8. The number of hydrogen-bond donors (Lipinski definition) is 1. The molecule has 0 unspecified atom stereocenters. The number of rotatable bonds is 4. The molecule has 0 spiro atoms. The van der Waals surface area contributed by atoms with Crippen molar-refractivity contribution in [3.8, 4) is 0 Å². The van der Waals surface area contributed by atoms with Gasteiger partial charge >= 0.3 is 41.5 Å². The van der Waals surface area contributed by atoms with Crippen molar-refractivity contribution in [2.24, 2.45) is 0 Å². The van der Waals surface area contributed by atoms with Gasteiger partial charge in [0.25, 0.3) is 0 Å². The predicted octanol–water partition coefficient (Wildman–Crippen LogP) is -0.240. The predicted molar refractivity (Wildman–Crippen MR) is 105 cm³/mol. The van der Waals surface area contributed by atoms with Crippen molar-refractivity contribution in [2.45, 2.75) is 78.6 Å². The number of fused-ring (bicyclic) bond motifs is 1. The number of esters is 1. The van der Waals surface area contributed by atoms with E-state index in [1.807, 2.05) is 41.5 Å². The van der Waals surface area contributed by atoms with Crippen LogP contribution < -0.4 is 34.9 Å². The number of nitrogens with zero attached hydrogens (tertiary/aromatic N) is 4. The summed E-state index contributed by atoms with van der Waals surface area (Å²) in [7, 11) is 0. The third-order valence-electron chi connectivity index (χ3n) is 5.07. The molecule has 0 atom stereocenters. The second kappa shape index (κ2) is 8.16. The quantitative estimate of drug-likeness (QED) is 0.523. The smallest absolute Gasteiger partial charge is 1.00 e. The Balaban J connectivity index is 0.00000240. The molecule has 2 aromatic heterocycles. The Hall–Kier alpha value is -1.59. The Bertz CT molecular complexity index is 975. The molecule has 0 bridgehead atoms. The van der Waals surface area contributed by atoms with Crippen molar-refractivity contribution in [3.05, 3.63) is 12.0 Å². The van der Waals surface area contributed by atoms with Crippen molar-refractivity contribution >= 4 is 28.7 Å². The molecular formula is C19H28N5NaO5. The van der Waals surface area contributed by atoms with Crippen molar-refractivity contribution in [1.82, 2.24) is 19.7 Å². The summed E-state index contributed by atoms with van der Waals surface area (Å²) < 4.78 is 19.6. The van der Waals surface area contributed by atoms with Crippen LogP contribution in [0.25, 0.3) is 11.0 Å². The van der Waals surface area contributed by atoms with E-state index in [0.717, 1.165) is 0 Å². The number of hydrogen-bond acceptors (Lipinski definition) is 8. The number of aromatic nitrogens is 4. The van der Waals surface area contributed by atoms with Gasteiger partial charge in [-0.15, -0.1) is 0 Å². The minimum Gasteiger partial charge on any atom is -1.00 e. The Morgan fingerprint density at radius 2 is 1.70 bits per heavy atom. The van der Waals surface area contributed by atoms with Gasteiger partial charge in [0.2, 0.25) is 5.91 Å². The van der Waals surface area contributed by atoms with Crippen LogP contribution in [0.5, 0.6) is 0 Å². The Morgan fingerprint density at radius 1 is 1.13 bits per heavy atom. The molecule has 1 amide bonds. The van der Waals surface area contributed by atoms with E-state index >= 15 is 0 Å². The molecule has 0 aromatic carbocycles. The third kappa shape index (κ3) is 4.11. The van der Waals surface area contributed by atoms with Crippen LogP contribution in [0.4, 0.5) is 5.82 Å². The summed E-state index contributed by atoms with van der Waals surface area (Å²) in [5.74, 6) is -2.62. The van der Waals surface area contributed by atoms with Gasteiger partial charge < -0.3 is 21.0 Å². The largest absolute Gasteiger partial charge is 1.00 e. The van der Waals surface area contributed by atoms with Crippen molar-refractivity contribution in [1.29, 1.82) is 0 Å². The number of carbonyl (C=O) groups is 2. The van der Waals surface area contributed by atoms with E-state index < -0.39 is 23.1 Å². The average molecular weight is 429 g/mol. The van der Waals surface area contributed by atoms with Gasteiger partial charge in [0.05, 0.1) is 16.6 Å². The van der Waals surface area contributed by atoms with Gasteiger partial charge in [-0.25, -0.2) is 14.6 Å². The van der Waals surface area contributed by atoms with Crippen LogP contribution in [-0.2, 0) is 29.8 Å². The first kappa shape index (κ1) is 24.7. The van der Waals surface area contributed by atoms with E-state index in [4.69, 9.17) is 14.2 Å². The van der Waals surface area contributed by atoms with E-state index in [1.54, 1.807) is 4.68 Å². The first-order valence-corrected chi connectivity index (χ1v) is 9.41. The summed E-state index contributed by atoms with van der Waals surface area (Å²) in [5, 5.41) is 7.69. The van der Waals surface area contributed by atoms with E-state index in [2.05, 4.69) is 20.4 Å². The van der Waals surface area contributed by atoms with Crippen LogP contribution in [0.3, 0.4) is 0 Å². The molecule has 2 aromatic rings. The average Bonchev–Trinajstić information content (AvgIpc) is 3.01. The van der Waals surface area contributed by atoms with Crippen LogP contribution in [0.15, 0.2) is 6.33 Å². The molecule has 1 fully saturated rings. The van der Waals surface area contributed by atoms with Crippen LogP contribution in [0.2, 0.25) is 0 Å². The van der Waals surface area contributed by atoms with Gasteiger partial charge in [-0.2, -0.15) is 5.10 Å². The van der Waals surface area contributed by atoms with Crippen LogP contribution >= 0.6 is 0 Å². The molecular weight excluding hydrogens is 401 g/mol. The van der Waals surface area contributed by atoms with Gasteiger partial charge in [-0.1, -0.05) is 0 Å². The van der Waals surface area contributed by atoms with Crippen molar-refractivity contribution < 1.29 is 54.8 Å². The van der Waals surface area contributed by atoms with Gasteiger partial charge in [0.1, 0.15) is 12.1 Å². The number of ether oxygens (including phenoxy) is 3. The molecule has 10 nitrogen and oxygen atoms in total. The zero-order chi connectivity index (χ0) is 21.8. The zero-order valence-electron chi connectivity index (χ0n) is 20.0. The molecule has 0 aliphatic carbocycles. The summed E-state index contributed by atoms with van der Waals surface area (Å²) >= 11 is 0. The van der Waals surface area contributed by atoms with Crippen molar-refractivity contribution in [3.63, 3.8) is 0 Å². The van der Waals surface area contributed by atoms with E-state index in [1.165, 1.54) is 20.2 Å². The van der Waals surface area contributed by atoms with Crippen molar-refractivity contribution in [2.75, 3.05) is 5.32 Å². The molecule has 11 heteroatoms. The second-order valence-corrected chi connectivity index (χ2v) is 8.36. The summed E-state index contributed by atoms with van der Waals surface area (Å²) in [5.41, 5.74) is -1.02. The monoisotopic (exact) mass is 429 g/mol. The normalized spacial score (nSPS) is 18.8. The number of anilines is 1. The maximum absolute atomic E-state index is 12.0. The third-order valence-corrected chi connectivity index (χ3v) is 5.07. The minimum atomic E-state index is -1.92. The molecule has 160 valence electrons. The molecule has 1 N–H and O–H groups in total. The Kier molecular flexibility index (Phi) is 6.71. The van der Waals surface area contributed by atoms with Crippen LogP contribution in [-0.4, -0.2) is 42.8 Å². The molecule has 1 aliphatic heterocycles. The van der Waals surface area contributed by atoms with Crippen LogP contribution in [0, 0.1) is 0 Å². The number of amides is 1. The number of nitrogens with one attached hydrogen (secondary N) is 1. The fraction of sp³-hybridized carbons (Fsp3) is 0.632. The molecule has 1 aliphatic rings. The summed E-state index contributed by atoms with van der Waals surface area (Å²) in [6.07, 6.45) is 1.33. The molecule has 1 saturated heterocycles. The maximum Gasteiger partial charge on any atom is 1.00 e. The fourth-order valence-corrected chi connectivity index (χ4v) is 3.12. The zero-order valence-corrected chi connectivity index (χ0v) is 21.0. The molecule has 30 heavy (non-hydrogen) atoms. The summed E-state index contributed by atoms with van der Waals surface area (Å²) in [6, 6.07) is -0.0804. The first-order chi connectivity index (χ1) is 13.3. The minimum absolute atomic E-state index is 0. The van der Waals surface area contributed by atoms with E-state index in [0.29, 0.717) is 11.0 Å². The summed E-state index contributed by atoms with van der Waals surface area (Å²) in [4.78, 5) is 32.3. The maximum atomic E-state index is 12.0. The van der Waals surface area contributed by atoms with Crippen LogP contribution in [0.1, 0.15) is 68.6 Å².